The maximum atomic E-state index is 11.5. The van der Waals surface area contributed by atoms with Crippen molar-refractivity contribution >= 4 is 5.91 Å². The number of likely N-dealkylation sites (N-methyl/N-ethyl adjacent to an activating group) is 1. The minimum Gasteiger partial charge on any atom is -0.493 e. The van der Waals surface area contributed by atoms with Crippen LogP contribution in [0.5, 0.6) is 11.5 Å². The molecule has 6 heteroatoms. The van der Waals surface area contributed by atoms with Crippen LogP contribution in [0, 0.1) is 5.92 Å². The third kappa shape index (κ3) is 6.84. The van der Waals surface area contributed by atoms with Gasteiger partial charge in [-0.1, -0.05) is 13.0 Å². The predicted molar refractivity (Wildman–Crippen MR) is 104 cm³/mol. The van der Waals surface area contributed by atoms with Crippen molar-refractivity contribution in [3.63, 3.8) is 0 Å². The van der Waals surface area contributed by atoms with Crippen LogP contribution in [0.25, 0.3) is 0 Å². The van der Waals surface area contributed by atoms with Crippen LogP contribution in [-0.2, 0) is 11.3 Å². The Labute approximate surface area is 157 Å². The minimum absolute atomic E-state index is 0.00372. The van der Waals surface area contributed by atoms with Crippen LogP contribution in [0.2, 0.25) is 0 Å². The van der Waals surface area contributed by atoms with Crippen LogP contribution in [0.15, 0.2) is 18.2 Å². The molecule has 1 amide bonds. The van der Waals surface area contributed by atoms with E-state index in [4.69, 9.17) is 9.47 Å². The smallest absolute Gasteiger partial charge is 0.257 e. The molecule has 146 valence electrons. The summed E-state index contributed by atoms with van der Waals surface area (Å²) in [6.45, 7) is 10.1. The topological polar surface area (TPSA) is 62.8 Å². The van der Waals surface area contributed by atoms with Crippen molar-refractivity contribution in [1.82, 2.24) is 15.5 Å². The van der Waals surface area contributed by atoms with Gasteiger partial charge >= 0.3 is 0 Å². The second-order valence-corrected chi connectivity index (χ2v) is 6.93. The fraction of sp³-hybridized carbons (Fsp3) is 0.650. The molecule has 1 aromatic carbocycles. The standard InChI is InChI=1S/C20H33N3O3/c1-4-22-20(24)15-26-18-6-5-17(13-19(18)25-3)14-21-9-12-23-10-7-16(2)8-11-23/h5-6,13,16,21H,4,7-12,14-15H2,1-3H3,(H,22,24). The van der Waals surface area contributed by atoms with Gasteiger partial charge in [-0.05, 0) is 56.5 Å². The van der Waals surface area contributed by atoms with Crippen molar-refractivity contribution < 1.29 is 14.3 Å². The van der Waals surface area contributed by atoms with E-state index in [1.807, 2.05) is 25.1 Å². The predicted octanol–water partition coefficient (Wildman–Crippen LogP) is 2.03. The lowest BCUT2D eigenvalue weighted by Crippen LogP contribution is -2.37. The zero-order valence-corrected chi connectivity index (χ0v) is 16.3. The van der Waals surface area contributed by atoms with Gasteiger partial charge < -0.3 is 25.0 Å². The molecule has 1 aromatic rings. The lowest BCUT2D eigenvalue weighted by atomic mass is 9.99. The maximum Gasteiger partial charge on any atom is 0.257 e. The molecule has 26 heavy (non-hydrogen) atoms. The number of nitrogens with one attached hydrogen (secondary N) is 2. The van der Waals surface area contributed by atoms with Crippen LogP contribution in [0.4, 0.5) is 0 Å². The molecular weight excluding hydrogens is 330 g/mol. The molecule has 0 aromatic heterocycles. The highest BCUT2D eigenvalue weighted by molar-refractivity contribution is 5.77. The Bertz CT molecular complexity index is 557. The Hall–Kier alpha value is -1.79. The van der Waals surface area contributed by atoms with Gasteiger partial charge in [-0.2, -0.15) is 0 Å². The minimum atomic E-state index is -0.132. The Balaban J connectivity index is 1.74. The zero-order chi connectivity index (χ0) is 18.8. The van der Waals surface area contributed by atoms with Gasteiger partial charge in [0.1, 0.15) is 0 Å². The molecule has 0 radical (unpaired) electrons. The third-order valence-corrected chi connectivity index (χ3v) is 4.77. The van der Waals surface area contributed by atoms with E-state index in [-0.39, 0.29) is 12.5 Å². The first-order chi connectivity index (χ1) is 12.6. The van der Waals surface area contributed by atoms with E-state index in [1.165, 1.54) is 25.9 Å². The van der Waals surface area contributed by atoms with Crippen LogP contribution in [0.1, 0.15) is 32.3 Å². The lowest BCUT2D eigenvalue weighted by molar-refractivity contribution is -0.123. The summed E-state index contributed by atoms with van der Waals surface area (Å²) in [5.41, 5.74) is 1.14. The molecule has 1 fully saturated rings. The van der Waals surface area contributed by atoms with E-state index in [1.54, 1.807) is 7.11 Å². The molecule has 0 spiro atoms. The number of hydrogen-bond donors (Lipinski definition) is 2. The monoisotopic (exact) mass is 363 g/mol. The SMILES string of the molecule is CCNC(=O)COc1ccc(CNCCN2CCC(C)CC2)cc1OC. The van der Waals surface area contributed by atoms with Crippen LogP contribution in [0.3, 0.4) is 0 Å². The van der Waals surface area contributed by atoms with Gasteiger partial charge in [0, 0.05) is 26.2 Å². The van der Waals surface area contributed by atoms with Gasteiger partial charge in [0.05, 0.1) is 7.11 Å². The summed E-state index contributed by atoms with van der Waals surface area (Å²) in [7, 11) is 1.61. The number of likely N-dealkylation sites (tertiary alicyclic amines) is 1. The van der Waals surface area contributed by atoms with E-state index in [0.29, 0.717) is 18.0 Å². The Kier molecular flexibility index (Phi) is 8.71. The summed E-state index contributed by atoms with van der Waals surface area (Å²) in [5, 5.41) is 6.21. The number of amides is 1. The quantitative estimate of drug-likeness (QED) is 0.623. The van der Waals surface area contributed by atoms with Crippen LogP contribution >= 0.6 is 0 Å². The summed E-state index contributed by atoms with van der Waals surface area (Å²) in [6, 6.07) is 5.83. The average molecular weight is 364 g/mol. The van der Waals surface area contributed by atoms with Crippen molar-refractivity contribution in [2.24, 2.45) is 5.92 Å². The van der Waals surface area contributed by atoms with Crippen molar-refractivity contribution in [2.45, 2.75) is 33.2 Å². The number of carbonyl (C=O) groups excluding carboxylic acids is 1. The number of piperidine rings is 1. The van der Waals surface area contributed by atoms with Crippen molar-refractivity contribution in [1.29, 1.82) is 0 Å². The number of nitrogens with zero attached hydrogens (tertiary/aromatic N) is 1. The van der Waals surface area contributed by atoms with E-state index in [2.05, 4.69) is 22.5 Å². The van der Waals surface area contributed by atoms with Gasteiger partial charge in [0.15, 0.2) is 18.1 Å². The number of carbonyl (C=O) groups is 1. The molecule has 1 heterocycles. The number of ether oxygens (including phenoxy) is 2. The Morgan fingerprint density at radius 3 is 2.73 bits per heavy atom. The highest BCUT2D eigenvalue weighted by Crippen LogP contribution is 2.28. The fourth-order valence-electron chi connectivity index (χ4n) is 3.09. The highest BCUT2D eigenvalue weighted by atomic mass is 16.5. The number of methoxy groups -OCH3 is 1. The number of hydrogen-bond acceptors (Lipinski definition) is 5. The van der Waals surface area contributed by atoms with E-state index < -0.39 is 0 Å². The average Bonchev–Trinajstić information content (AvgIpc) is 2.65. The zero-order valence-electron chi connectivity index (χ0n) is 16.3. The molecule has 6 nitrogen and oxygen atoms in total. The lowest BCUT2D eigenvalue weighted by Gasteiger charge is -2.30. The van der Waals surface area contributed by atoms with Crippen molar-refractivity contribution in [3.8, 4) is 11.5 Å². The van der Waals surface area contributed by atoms with Gasteiger partial charge in [0.25, 0.3) is 5.91 Å². The number of rotatable bonds is 10. The Morgan fingerprint density at radius 1 is 1.27 bits per heavy atom. The summed E-state index contributed by atoms with van der Waals surface area (Å²) < 4.78 is 10.9. The first-order valence-corrected chi connectivity index (χ1v) is 9.61. The fourth-order valence-corrected chi connectivity index (χ4v) is 3.09. The molecule has 0 aliphatic carbocycles. The maximum absolute atomic E-state index is 11.5. The van der Waals surface area contributed by atoms with Gasteiger partial charge in [0.2, 0.25) is 0 Å². The number of benzene rings is 1. The Morgan fingerprint density at radius 2 is 2.04 bits per heavy atom. The summed E-state index contributed by atoms with van der Waals surface area (Å²) in [6.07, 6.45) is 2.63. The highest BCUT2D eigenvalue weighted by Gasteiger charge is 2.14. The summed E-state index contributed by atoms with van der Waals surface area (Å²) in [5.74, 6) is 1.98. The molecule has 1 aliphatic heterocycles. The summed E-state index contributed by atoms with van der Waals surface area (Å²) in [4.78, 5) is 14.0. The van der Waals surface area contributed by atoms with Crippen LogP contribution in [-0.4, -0.2) is 57.2 Å². The summed E-state index contributed by atoms with van der Waals surface area (Å²) >= 11 is 0. The van der Waals surface area contributed by atoms with Gasteiger partial charge in [-0.15, -0.1) is 0 Å². The molecular formula is C20H33N3O3. The molecule has 2 rings (SSSR count). The molecule has 1 aliphatic rings. The van der Waals surface area contributed by atoms with E-state index in [0.717, 1.165) is 31.1 Å². The van der Waals surface area contributed by atoms with E-state index >= 15 is 0 Å². The normalized spacial score (nSPS) is 15.7. The third-order valence-electron chi connectivity index (χ3n) is 4.77. The first kappa shape index (κ1) is 20.5. The first-order valence-electron chi connectivity index (χ1n) is 9.61. The van der Waals surface area contributed by atoms with Crippen LogP contribution < -0.4 is 20.1 Å². The second-order valence-electron chi connectivity index (χ2n) is 6.93. The molecule has 0 unspecified atom stereocenters. The molecule has 0 atom stereocenters. The second kappa shape index (κ2) is 11.0. The van der Waals surface area contributed by atoms with E-state index in [9.17, 15) is 4.79 Å². The largest absolute Gasteiger partial charge is 0.493 e. The van der Waals surface area contributed by atoms with Crippen molar-refractivity contribution in [2.75, 3.05) is 46.4 Å². The van der Waals surface area contributed by atoms with Gasteiger partial charge in [-0.25, -0.2) is 0 Å². The molecule has 0 saturated carbocycles. The van der Waals surface area contributed by atoms with Crippen molar-refractivity contribution in [3.05, 3.63) is 23.8 Å². The molecule has 2 N–H and O–H groups in total. The molecule has 0 bridgehead atoms. The molecule has 1 saturated heterocycles. The van der Waals surface area contributed by atoms with Gasteiger partial charge in [-0.3, -0.25) is 4.79 Å².